The molecule has 1 aromatic rings. The number of benzene rings is 1. The van der Waals surface area contributed by atoms with Crippen molar-refractivity contribution in [3.05, 3.63) is 29.8 Å². The van der Waals surface area contributed by atoms with Gasteiger partial charge >= 0.3 is 5.97 Å². The number of ether oxygens (including phenoxy) is 3. The number of amides is 1. The average molecular weight is 335 g/mol. The molecule has 1 rings (SSSR count). The number of esters is 1. The predicted molar refractivity (Wildman–Crippen MR) is 92.1 cm³/mol. The summed E-state index contributed by atoms with van der Waals surface area (Å²) in [5, 5.41) is 2.59. The van der Waals surface area contributed by atoms with Gasteiger partial charge in [0.1, 0.15) is 5.54 Å². The standard InChI is InChI=1S/C18H25NO5/c1-6-11-24-14-9-7-13(12-15(14)22-4)8-10-16(20)19-18(2,3)17(21)23-5/h7-10,12H,6,11H2,1-5H3,(H,19,20)/b10-8+. The van der Waals surface area contributed by atoms with Crippen molar-refractivity contribution in [3.63, 3.8) is 0 Å². The first kappa shape index (κ1) is 19.5. The minimum absolute atomic E-state index is 0.393. The number of rotatable bonds is 8. The molecule has 0 aliphatic heterocycles. The summed E-state index contributed by atoms with van der Waals surface area (Å²) < 4.78 is 15.5. The molecule has 0 unspecified atom stereocenters. The first-order chi connectivity index (χ1) is 11.3. The summed E-state index contributed by atoms with van der Waals surface area (Å²) in [6.45, 7) is 5.79. The summed E-state index contributed by atoms with van der Waals surface area (Å²) in [5.74, 6) is 0.354. The number of carbonyl (C=O) groups is 2. The summed E-state index contributed by atoms with van der Waals surface area (Å²) >= 11 is 0. The third-order valence-electron chi connectivity index (χ3n) is 3.21. The molecule has 1 N–H and O–H groups in total. The third kappa shape index (κ3) is 5.61. The maximum atomic E-state index is 12.0. The second kappa shape index (κ2) is 8.96. The van der Waals surface area contributed by atoms with E-state index in [1.165, 1.54) is 13.2 Å². The van der Waals surface area contributed by atoms with E-state index >= 15 is 0 Å². The van der Waals surface area contributed by atoms with E-state index in [0.29, 0.717) is 18.1 Å². The highest BCUT2D eigenvalue weighted by atomic mass is 16.5. The quantitative estimate of drug-likeness (QED) is 0.584. The lowest BCUT2D eigenvalue weighted by Crippen LogP contribution is -2.49. The van der Waals surface area contributed by atoms with Crippen LogP contribution in [0.3, 0.4) is 0 Å². The van der Waals surface area contributed by atoms with E-state index in [1.54, 1.807) is 39.2 Å². The van der Waals surface area contributed by atoms with Crippen LogP contribution < -0.4 is 14.8 Å². The minimum Gasteiger partial charge on any atom is -0.493 e. The molecule has 0 aliphatic rings. The zero-order chi connectivity index (χ0) is 18.2. The van der Waals surface area contributed by atoms with E-state index in [2.05, 4.69) is 10.1 Å². The first-order valence-corrected chi connectivity index (χ1v) is 7.73. The fourth-order valence-corrected chi connectivity index (χ4v) is 1.95. The van der Waals surface area contributed by atoms with Crippen molar-refractivity contribution in [2.24, 2.45) is 0 Å². The molecule has 1 amide bonds. The lowest BCUT2D eigenvalue weighted by atomic mass is 10.1. The Kier molecular flexibility index (Phi) is 7.30. The molecule has 0 atom stereocenters. The van der Waals surface area contributed by atoms with Gasteiger partial charge in [-0.2, -0.15) is 0 Å². The number of hydrogen-bond donors (Lipinski definition) is 1. The molecule has 0 aromatic heterocycles. The fourth-order valence-electron chi connectivity index (χ4n) is 1.95. The molecule has 1 aromatic carbocycles. The monoisotopic (exact) mass is 335 g/mol. The lowest BCUT2D eigenvalue weighted by Gasteiger charge is -2.22. The van der Waals surface area contributed by atoms with E-state index in [-0.39, 0.29) is 0 Å². The van der Waals surface area contributed by atoms with Crippen molar-refractivity contribution < 1.29 is 23.8 Å². The Morgan fingerprint density at radius 3 is 2.50 bits per heavy atom. The Labute approximate surface area is 142 Å². The Bertz CT molecular complexity index is 607. The van der Waals surface area contributed by atoms with Gasteiger partial charge < -0.3 is 19.5 Å². The van der Waals surface area contributed by atoms with Gasteiger partial charge in [0, 0.05) is 6.08 Å². The Morgan fingerprint density at radius 1 is 1.21 bits per heavy atom. The normalized spacial score (nSPS) is 11.2. The SMILES string of the molecule is CCCOc1ccc(/C=C/C(=O)NC(C)(C)C(=O)OC)cc1OC. The summed E-state index contributed by atoms with van der Waals surface area (Å²) in [6, 6.07) is 5.40. The van der Waals surface area contributed by atoms with Crippen LogP contribution in [-0.2, 0) is 14.3 Å². The fraction of sp³-hybridized carbons (Fsp3) is 0.444. The average Bonchev–Trinajstić information content (AvgIpc) is 2.57. The van der Waals surface area contributed by atoms with Crippen LogP contribution in [-0.4, -0.2) is 38.2 Å². The van der Waals surface area contributed by atoms with Gasteiger partial charge in [-0.15, -0.1) is 0 Å². The summed E-state index contributed by atoms with van der Waals surface area (Å²) in [5.41, 5.74) is -0.312. The van der Waals surface area contributed by atoms with E-state index < -0.39 is 17.4 Å². The molecule has 0 radical (unpaired) electrons. The van der Waals surface area contributed by atoms with Crippen molar-refractivity contribution in [3.8, 4) is 11.5 Å². The largest absolute Gasteiger partial charge is 0.493 e. The molecule has 0 aliphatic carbocycles. The Balaban J connectivity index is 2.79. The second-order valence-corrected chi connectivity index (χ2v) is 5.70. The van der Waals surface area contributed by atoms with Gasteiger partial charge in [-0.05, 0) is 44.0 Å². The van der Waals surface area contributed by atoms with Crippen molar-refractivity contribution in [1.29, 1.82) is 0 Å². The van der Waals surface area contributed by atoms with Crippen molar-refractivity contribution >= 4 is 18.0 Å². The molecule has 6 nitrogen and oxygen atoms in total. The van der Waals surface area contributed by atoms with E-state index in [9.17, 15) is 9.59 Å². The maximum absolute atomic E-state index is 12.0. The van der Waals surface area contributed by atoms with E-state index in [1.807, 2.05) is 13.0 Å². The van der Waals surface area contributed by atoms with Crippen LogP contribution in [0.5, 0.6) is 11.5 Å². The third-order valence-corrected chi connectivity index (χ3v) is 3.21. The molecule has 0 saturated heterocycles. The van der Waals surface area contributed by atoms with Gasteiger partial charge in [0.25, 0.3) is 0 Å². The molecule has 132 valence electrons. The molecular formula is C18H25NO5. The van der Waals surface area contributed by atoms with Crippen molar-refractivity contribution in [1.82, 2.24) is 5.32 Å². The zero-order valence-corrected chi connectivity index (χ0v) is 14.8. The minimum atomic E-state index is -1.09. The van der Waals surface area contributed by atoms with Gasteiger partial charge in [0.15, 0.2) is 11.5 Å². The first-order valence-electron chi connectivity index (χ1n) is 7.73. The summed E-state index contributed by atoms with van der Waals surface area (Å²) in [6.07, 6.45) is 3.89. The lowest BCUT2D eigenvalue weighted by molar-refractivity contribution is -0.148. The Hall–Kier alpha value is -2.50. The topological polar surface area (TPSA) is 73.9 Å². The highest BCUT2D eigenvalue weighted by Gasteiger charge is 2.29. The summed E-state index contributed by atoms with van der Waals surface area (Å²) in [7, 11) is 2.84. The number of nitrogens with one attached hydrogen (secondary N) is 1. The molecule has 0 heterocycles. The Morgan fingerprint density at radius 2 is 1.92 bits per heavy atom. The van der Waals surface area contributed by atoms with Crippen LogP contribution >= 0.6 is 0 Å². The van der Waals surface area contributed by atoms with Gasteiger partial charge in [-0.3, -0.25) is 4.79 Å². The highest BCUT2D eigenvalue weighted by molar-refractivity contribution is 5.95. The van der Waals surface area contributed by atoms with Crippen molar-refractivity contribution in [2.45, 2.75) is 32.7 Å². The molecule has 24 heavy (non-hydrogen) atoms. The molecule has 6 heteroatoms. The molecule has 0 saturated carbocycles. The zero-order valence-electron chi connectivity index (χ0n) is 14.8. The summed E-state index contributed by atoms with van der Waals surface area (Å²) in [4.78, 5) is 23.5. The molecule has 0 bridgehead atoms. The number of methoxy groups -OCH3 is 2. The number of hydrogen-bond acceptors (Lipinski definition) is 5. The molecular weight excluding hydrogens is 310 g/mol. The van der Waals surface area contributed by atoms with E-state index in [4.69, 9.17) is 9.47 Å². The van der Waals surface area contributed by atoms with Crippen LogP contribution in [0.25, 0.3) is 6.08 Å². The van der Waals surface area contributed by atoms with Gasteiger partial charge in [-0.25, -0.2) is 4.79 Å². The molecule has 0 fully saturated rings. The molecule has 0 spiro atoms. The van der Waals surface area contributed by atoms with Gasteiger partial charge in [-0.1, -0.05) is 13.0 Å². The van der Waals surface area contributed by atoms with Crippen LogP contribution in [0, 0.1) is 0 Å². The highest BCUT2D eigenvalue weighted by Crippen LogP contribution is 2.28. The smallest absolute Gasteiger partial charge is 0.330 e. The van der Waals surface area contributed by atoms with Crippen LogP contribution in [0.1, 0.15) is 32.8 Å². The predicted octanol–water partition coefficient (Wildman–Crippen LogP) is 2.57. The van der Waals surface area contributed by atoms with Crippen LogP contribution in [0.15, 0.2) is 24.3 Å². The second-order valence-electron chi connectivity index (χ2n) is 5.70. The maximum Gasteiger partial charge on any atom is 0.330 e. The van der Waals surface area contributed by atoms with Gasteiger partial charge in [0.2, 0.25) is 5.91 Å². The van der Waals surface area contributed by atoms with Crippen molar-refractivity contribution in [2.75, 3.05) is 20.8 Å². The van der Waals surface area contributed by atoms with Crippen LogP contribution in [0.4, 0.5) is 0 Å². The van der Waals surface area contributed by atoms with E-state index in [0.717, 1.165) is 12.0 Å². The van der Waals surface area contributed by atoms with Gasteiger partial charge in [0.05, 0.1) is 20.8 Å². The number of carbonyl (C=O) groups excluding carboxylic acids is 2. The van der Waals surface area contributed by atoms with Crippen LogP contribution in [0.2, 0.25) is 0 Å².